The van der Waals surface area contributed by atoms with Gasteiger partial charge in [-0.25, -0.2) is 4.98 Å². The second-order valence-electron chi connectivity index (χ2n) is 3.88. The van der Waals surface area contributed by atoms with Crippen LogP contribution in [0.2, 0.25) is 0 Å². The topological polar surface area (TPSA) is 42.0 Å². The molecular weight excluding hydrogens is 231 g/mol. The van der Waals surface area contributed by atoms with Crippen molar-refractivity contribution in [2.75, 3.05) is 5.32 Å². The van der Waals surface area contributed by atoms with Crippen molar-refractivity contribution in [3.63, 3.8) is 0 Å². The molecule has 0 radical (unpaired) electrons. The summed E-state index contributed by atoms with van der Waals surface area (Å²) in [6.07, 6.45) is 1.00. The summed E-state index contributed by atoms with van der Waals surface area (Å²) in [5.41, 5.74) is 1.10. The van der Waals surface area contributed by atoms with Crippen LogP contribution in [0.4, 0.5) is 10.2 Å². The smallest absolute Gasteiger partial charge is 0.225 e. The van der Waals surface area contributed by atoms with E-state index < -0.39 is 5.95 Å². The van der Waals surface area contributed by atoms with Crippen LogP contribution in [0.5, 0.6) is 0 Å². The average molecular weight is 244 g/mol. The Labute approximate surface area is 105 Å². The summed E-state index contributed by atoms with van der Waals surface area (Å²) < 4.78 is 12.8. The maximum Gasteiger partial charge on any atom is 0.225 e. The first-order valence-corrected chi connectivity index (χ1v) is 5.70. The van der Waals surface area contributed by atoms with Gasteiger partial charge in [-0.1, -0.05) is 36.4 Å². The molecule has 2 rings (SSSR count). The van der Waals surface area contributed by atoms with Crippen LogP contribution < -0.4 is 5.32 Å². The maximum absolute atomic E-state index is 12.8. The first-order chi connectivity index (χ1) is 8.74. The summed E-state index contributed by atoms with van der Waals surface area (Å²) in [5.74, 6) is -0.527. The van der Waals surface area contributed by atoms with Gasteiger partial charge in [-0.2, -0.15) is 4.39 Å². The minimum atomic E-state index is -0.601. The van der Waals surface area contributed by atoms with Gasteiger partial charge in [0.05, 0.1) is 0 Å². The SMILES string of the molecule is O=C(CCc1ccccc1)Nc1cccc(F)n1. The first-order valence-electron chi connectivity index (χ1n) is 5.70. The zero-order valence-electron chi connectivity index (χ0n) is 9.77. The molecule has 0 unspecified atom stereocenters. The van der Waals surface area contributed by atoms with Crippen LogP contribution in [0.1, 0.15) is 12.0 Å². The van der Waals surface area contributed by atoms with Crippen LogP contribution in [0, 0.1) is 5.95 Å². The molecule has 2 aromatic rings. The number of nitrogens with zero attached hydrogens (tertiary/aromatic N) is 1. The number of aromatic nitrogens is 1. The Morgan fingerprint density at radius 1 is 1.11 bits per heavy atom. The number of anilines is 1. The normalized spacial score (nSPS) is 10.1. The van der Waals surface area contributed by atoms with E-state index >= 15 is 0 Å². The van der Waals surface area contributed by atoms with Crippen LogP contribution in [0.15, 0.2) is 48.5 Å². The number of rotatable bonds is 4. The number of pyridine rings is 1. The number of benzene rings is 1. The Bertz CT molecular complexity index is 528. The van der Waals surface area contributed by atoms with Gasteiger partial charge in [-0.3, -0.25) is 4.79 Å². The summed E-state index contributed by atoms with van der Waals surface area (Å²) in [4.78, 5) is 15.2. The third-order valence-electron chi connectivity index (χ3n) is 2.47. The largest absolute Gasteiger partial charge is 0.311 e. The molecule has 0 atom stereocenters. The van der Waals surface area contributed by atoms with Crippen LogP contribution in [0.3, 0.4) is 0 Å². The summed E-state index contributed by atoms with van der Waals surface area (Å²) in [5, 5.41) is 2.56. The lowest BCUT2D eigenvalue weighted by Gasteiger charge is -2.04. The lowest BCUT2D eigenvalue weighted by atomic mass is 10.1. The van der Waals surface area contributed by atoms with Gasteiger partial charge >= 0.3 is 0 Å². The molecule has 1 heterocycles. The fourth-order valence-electron chi connectivity index (χ4n) is 1.59. The Hall–Kier alpha value is -2.23. The highest BCUT2D eigenvalue weighted by Gasteiger charge is 2.04. The number of aryl methyl sites for hydroxylation is 1. The lowest BCUT2D eigenvalue weighted by Crippen LogP contribution is -2.13. The van der Waals surface area contributed by atoms with E-state index in [-0.39, 0.29) is 11.7 Å². The van der Waals surface area contributed by atoms with Gasteiger partial charge in [0, 0.05) is 6.42 Å². The van der Waals surface area contributed by atoms with E-state index in [1.54, 1.807) is 6.07 Å². The van der Waals surface area contributed by atoms with Crippen molar-refractivity contribution in [3.8, 4) is 0 Å². The maximum atomic E-state index is 12.8. The second kappa shape index (κ2) is 5.91. The standard InChI is InChI=1S/C14H13FN2O/c15-12-7-4-8-13(16-12)17-14(18)10-9-11-5-2-1-3-6-11/h1-8H,9-10H2,(H,16,17,18). The molecule has 3 nitrogen and oxygen atoms in total. The lowest BCUT2D eigenvalue weighted by molar-refractivity contribution is -0.116. The van der Waals surface area contributed by atoms with Gasteiger partial charge in [0.1, 0.15) is 5.82 Å². The number of amides is 1. The number of hydrogen-bond donors (Lipinski definition) is 1. The number of nitrogens with one attached hydrogen (secondary N) is 1. The minimum absolute atomic E-state index is 0.169. The summed E-state index contributed by atoms with van der Waals surface area (Å²) in [6, 6.07) is 14.0. The van der Waals surface area contributed by atoms with Crippen molar-refractivity contribution in [1.82, 2.24) is 4.98 Å². The fourth-order valence-corrected chi connectivity index (χ4v) is 1.59. The Morgan fingerprint density at radius 2 is 1.89 bits per heavy atom. The Kier molecular flexibility index (Phi) is 4.02. The van der Waals surface area contributed by atoms with E-state index in [1.165, 1.54) is 12.1 Å². The summed E-state index contributed by atoms with van der Waals surface area (Å²) in [7, 11) is 0. The molecule has 0 aliphatic carbocycles. The molecule has 4 heteroatoms. The van der Waals surface area contributed by atoms with Gasteiger partial charge in [0.25, 0.3) is 0 Å². The summed E-state index contributed by atoms with van der Waals surface area (Å²) in [6.45, 7) is 0. The molecule has 0 aliphatic rings. The van der Waals surface area contributed by atoms with Crippen molar-refractivity contribution < 1.29 is 9.18 Å². The predicted octanol–water partition coefficient (Wildman–Crippen LogP) is 2.79. The van der Waals surface area contributed by atoms with Crippen molar-refractivity contribution in [3.05, 3.63) is 60.0 Å². The van der Waals surface area contributed by atoms with Crippen molar-refractivity contribution in [2.45, 2.75) is 12.8 Å². The molecule has 0 saturated carbocycles. The molecule has 1 aromatic heterocycles. The monoisotopic (exact) mass is 244 g/mol. The second-order valence-corrected chi connectivity index (χ2v) is 3.88. The molecule has 0 bridgehead atoms. The summed E-state index contributed by atoms with van der Waals surface area (Å²) >= 11 is 0. The zero-order chi connectivity index (χ0) is 12.8. The van der Waals surface area contributed by atoms with E-state index in [1.807, 2.05) is 30.3 Å². The van der Waals surface area contributed by atoms with Crippen LogP contribution in [-0.2, 0) is 11.2 Å². The Morgan fingerprint density at radius 3 is 2.61 bits per heavy atom. The van der Waals surface area contributed by atoms with E-state index in [4.69, 9.17) is 0 Å². The van der Waals surface area contributed by atoms with E-state index in [2.05, 4.69) is 10.3 Å². The number of carbonyl (C=O) groups is 1. The highest BCUT2D eigenvalue weighted by Crippen LogP contribution is 2.06. The van der Waals surface area contributed by atoms with Gasteiger partial charge in [0.2, 0.25) is 11.9 Å². The van der Waals surface area contributed by atoms with E-state index in [0.29, 0.717) is 12.8 Å². The third kappa shape index (κ3) is 3.66. The molecule has 0 saturated heterocycles. The average Bonchev–Trinajstić information content (AvgIpc) is 2.38. The minimum Gasteiger partial charge on any atom is -0.311 e. The molecule has 0 fully saturated rings. The van der Waals surface area contributed by atoms with E-state index in [0.717, 1.165) is 5.56 Å². The molecule has 18 heavy (non-hydrogen) atoms. The Balaban J connectivity index is 1.86. The molecule has 0 spiro atoms. The van der Waals surface area contributed by atoms with Crippen LogP contribution in [-0.4, -0.2) is 10.9 Å². The highest BCUT2D eigenvalue weighted by molar-refractivity contribution is 5.89. The van der Waals surface area contributed by atoms with Gasteiger partial charge in [0.15, 0.2) is 0 Å². The highest BCUT2D eigenvalue weighted by atomic mass is 19.1. The van der Waals surface area contributed by atoms with Crippen LogP contribution in [0.25, 0.3) is 0 Å². The van der Waals surface area contributed by atoms with Crippen molar-refractivity contribution >= 4 is 11.7 Å². The molecule has 92 valence electrons. The number of hydrogen-bond acceptors (Lipinski definition) is 2. The molecular formula is C14H13FN2O. The number of halogens is 1. The van der Waals surface area contributed by atoms with Crippen molar-refractivity contribution in [2.24, 2.45) is 0 Å². The van der Waals surface area contributed by atoms with Gasteiger partial charge in [-0.15, -0.1) is 0 Å². The van der Waals surface area contributed by atoms with Gasteiger partial charge in [-0.05, 0) is 24.1 Å². The van der Waals surface area contributed by atoms with Gasteiger partial charge < -0.3 is 5.32 Å². The predicted molar refractivity (Wildman–Crippen MR) is 67.6 cm³/mol. The van der Waals surface area contributed by atoms with E-state index in [9.17, 15) is 9.18 Å². The first kappa shape index (κ1) is 12.2. The quantitative estimate of drug-likeness (QED) is 0.840. The third-order valence-corrected chi connectivity index (χ3v) is 2.47. The molecule has 1 amide bonds. The molecule has 1 aromatic carbocycles. The fraction of sp³-hybridized carbons (Fsp3) is 0.143. The van der Waals surface area contributed by atoms with Crippen molar-refractivity contribution in [1.29, 1.82) is 0 Å². The van der Waals surface area contributed by atoms with Crippen LogP contribution >= 0.6 is 0 Å². The molecule has 0 aliphatic heterocycles. The number of carbonyl (C=O) groups excluding carboxylic acids is 1. The zero-order valence-corrected chi connectivity index (χ0v) is 9.77. The molecule has 1 N–H and O–H groups in total.